The summed E-state index contributed by atoms with van der Waals surface area (Å²) in [4.78, 5) is 12.3. The molecule has 6 nitrogen and oxygen atoms in total. The van der Waals surface area contributed by atoms with Crippen LogP contribution in [0.4, 0.5) is 0 Å². The van der Waals surface area contributed by atoms with Gasteiger partial charge in [0.25, 0.3) is 0 Å². The van der Waals surface area contributed by atoms with Crippen molar-refractivity contribution in [3.05, 3.63) is 49.1 Å². The summed E-state index contributed by atoms with van der Waals surface area (Å²) in [5.74, 6) is 0.836. The normalized spacial score (nSPS) is 12.8. The van der Waals surface area contributed by atoms with Gasteiger partial charge in [-0.15, -0.1) is 0 Å². The summed E-state index contributed by atoms with van der Waals surface area (Å²) in [5.41, 5.74) is 3.87. The highest BCUT2D eigenvalue weighted by atomic mass is 15.3. The van der Waals surface area contributed by atoms with E-state index in [-0.39, 0.29) is 0 Å². The molecule has 4 aromatic rings. The molecular formula is C17H18N6. The first kappa shape index (κ1) is 13.8. The van der Waals surface area contributed by atoms with Crippen molar-refractivity contribution in [1.82, 2.24) is 29.3 Å². The minimum absolute atomic E-state index is 0.328. The molecule has 0 bridgehead atoms. The molecule has 0 saturated carbocycles. The van der Waals surface area contributed by atoms with Gasteiger partial charge in [-0.2, -0.15) is 5.10 Å². The van der Waals surface area contributed by atoms with E-state index in [9.17, 15) is 0 Å². The molecule has 0 radical (unpaired) electrons. The fourth-order valence-electron chi connectivity index (χ4n) is 2.73. The number of nitrogens with one attached hydrogen (secondary N) is 1. The molecule has 0 aliphatic heterocycles. The van der Waals surface area contributed by atoms with E-state index in [1.54, 1.807) is 6.20 Å². The molecule has 0 aliphatic carbocycles. The van der Waals surface area contributed by atoms with Crippen LogP contribution in [0, 0.1) is 0 Å². The highest BCUT2D eigenvalue weighted by Crippen LogP contribution is 2.25. The van der Waals surface area contributed by atoms with Gasteiger partial charge in [0.1, 0.15) is 5.52 Å². The molecule has 6 heteroatoms. The van der Waals surface area contributed by atoms with E-state index in [0.717, 1.165) is 34.8 Å². The highest BCUT2D eigenvalue weighted by molar-refractivity contribution is 5.75. The molecule has 0 unspecified atom stereocenters. The standard InChI is InChI=1S/C17H18N6/c1-3-12(2)23-17-14(11-19-23)20-16(21-17)15-7-5-9-22(15)13-6-4-8-18-10-13/h4-12H,3H2,1-2H3,(H,20,21)/t12-/m1/s1. The largest absolute Gasteiger partial charge is 0.334 e. The second kappa shape index (κ2) is 5.39. The number of hydrogen-bond donors (Lipinski definition) is 1. The number of pyridine rings is 1. The summed E-state index contributed by atoms with van der Waals surface area (Å²) >= 11 is 0. The molecule has 0 spiro atoms. The van der Waals surface area contributed by atoms with E-state index in [1.807, 2.05) is 47.5 Å². The van der Waals surface area contributed by atoms with Crippen LogP contribution in [0.5, 0.6) is 0 Å². The fraction of sp³-hybridized carbons (Fsp3) is 0.235. The van der Waals surface area contributed by atoms with Crippen molar-refractivity contribution < 1.29 is 0 Å². The zero-order valence-corrected chi connectivity index (χ0v) is 13.1. The Labute approximate surface area is 133 Å². The summed E-state index contributed by atoms with van der Waals surface area (Å²) in [6, 6.07) is 8.34. The van der Waals surface area contributed by atoms with Crippen LogP contribution in [0.15, 0.2) is 49.1 Å². The van der Waals surface area contributed by atoms with Gasteiger partial charge in [0, 0.05) is 12.4 Å². The van der Waals surface area contributed by atoms with Crippen LogP contribution >= 0.6 is 0 Å². The maximum Gasteiger partial charge on any atom is 0.177 e. The Kier molecular flexibility index (Phi) is 3.22. The Morgan fingerprint density at radius 1 is 1.22 bits per heavy atom. The van der Waals surface area contributed by atoms with Gasteiger partial charge in [-0.1, -0.05) is 6.92 Å². The van der Waals surface area contributed by atoms with E-state index < -0.39 is 0 Å². The van der Waals surface area contributed by atoms with Gasteiger partial charge in [0.05, 0.1) is 29.8 Å². The Morgan fingerprint density at radius 2 is 2.13 bits per heavy atom. The molecule has 0 amide bonds. The Balaban J connectivity index is 1.82. The Bertz CT molecular complexity index is 930. The van der Waals surface area contributed by atoms with Crippen LogP contribution in [0.2, 0.25) is 0 Å². The molecule has 1 atom stereocenters. The zero-order valence-electron chi connectivity index (χ0n) is 13.1. The van der Waals surface area contributed by atoms with E-state index in [1.165, 1.54) is 0 Å². The predicted octanol–water partition coefficient (Wildman–Crippen LogP) is 3.58. The number of rotatable bonds is 4. The summed E-state index contributed by atoms with van der Waals surface area (Å²) < 4.78 is 4.05. The first-order valence-corrected chi connectivity index (χ1v) is 7.79. The average molecular weight is 306 g/mol. The third-order valence-electron chi connectivity index (χ3n) is 4.16. The molecule has 116 valence electrons. The van der Waals surface area contributed by atoms with Gasteiger partial charge >= 0.3 is 0 Å². The highest BCUT2D eigenvalue weighted by Gasteiger charge is 2.15. The van der Waals surface area contributed by atoms with Crippen molar-refractivity contribution in [2.75, 3.05) is 0 Å². The molecule has 0 saturated heterocycles. The Morgan fingerprint density at radius 3 is 2.91 bits per heavy atom. The fourth-order valence-corrected chi connectivity index (χ4v) is 2.73. The second-order valence-corrected chi connectivity index (χ2v) is 5.64. The first-order valence-electron chi connectivity index (χ1n) is 7.79. The molecule has 1 N–H and O–H groups in total. The van der Waals surface area contributed by atoms with E-state index >= 15 is 0 Å². The minimum Gasteiger partial charge on any atom is -0.334 e. The van der Waals surface area contributed by atoms with Crippen LogP contribution in [0.25, 0.3) is 28.4 Å². The lowest BCUT2D eigenvalue weighted by Gasteiger charge is -2.08. The van der Waals surface area contributed by atoms with Gasteiger partial charge in [-0.25, -0.2) is 9.67 Å². The second-order valence-electron chi connectivity index (χ2n) is 5.64. The van der Waals surface area contributed by atoms with Crippen LogP contribution < -0.4 is 0 Å². The Hall–Kier alpha value is -2.89. The predicted molar refractivity (Wildman–Crippen MR) is 89.4 cm³/mol. The van der Waals surface area contributed by atoms with Crippen molar-refractivity contribution in [3.63, 3.8) is 0 Å². The van der Waals surface area contributed by atoms with Crippen molar-refractivity contribution in [2.45, 2.75) is 26.3 Å². The lowest BCUT2D eigenvalue weighted by atomic mass is 10.3. The molecule has 4 rings (SSSR count). The van der Waals surface area contributed by atoms with Gasteiger partial charge in [0.2, 0.25) is 0 Å². The smallest absolute Gasteiger partial charge is 0.177 e. The minimum atomic E-state index is 0.328. The summed E-state index contributed by atoms with van der Waals surface area (Å²) in [5, 5.41) is 4.44. The first-order chi connectivity index (χ1) is 11.3. The van der Waals surface area contributed by atoms with Crippen molar-refractivity contribution in [2.24, 2.45) is 0 Å². The quantitative estimate of drug-likeness (QED) is 0.626. The zero-order chi connectivity index (χ0) is 15.8. The maximum absolute atomic E-state index is 4.77. The lowest BCUT2D eigenvalue weighted by Crippen LogP contribution is -2.05. The number of H-pyrrole nitrogens is 1. The van der Waals surface area contributed by atoms with Crippen LogP contribution in [0.1, 0.15) is 26.3 Å². The van der Waals surface area contributed by atoms with E-state index in [0.29, 0.717) is 6.04 Å². The van der Waals surface area contributed by atoms with Gasteiger partial charge in [-0.05, 0) is 37.6 Å². The summed E-state index contributed by atoms with van der Waals surface area (Å²) in [6.45, 7) is 4.30. The summed E-state index contributed by atoms with van der Waals surface area (Å²) in [7, 11) is 0. The van der Waals surface area contributed by atoms with Gasteiger partial charge in [0.15, 0.2) is 11.5 Å². The molecule has 4 heterocycles. The topological polar surface area (TPSA) is 64.3 Å². The number of fused-ring (bicyclic) bond motifs is 1. The number of hydrogen-bond acceptors (Lipinski definition) is 3. The number of aromatic nitrogens is 6. The third kappa shape index (κ3) is 2.23. The molecular weight excluding hydrogens is 288 g/mol. The van der Waals surface area contributed by atoms with Gasteiger partial charge in [-0.3, -0.25) is 4.98 Å². The number of imidazole rings is 1. The summed E-state index contributed by atoms with van der Waals surface area (Å²) in [6.07, 6.45) is 8.49. The van der Waals surface area contributed by atoms with Crippen molar-refractivity contribution >= 4 is 11.2 Å². The van der Waals surface area contributed by atoms with Crippen LogP contribution in [-0.4, -0.2) is 29.3 Å². The van der Waals surface area contributed by atoms with Crippen LogP contribution in [-0.2, 0) is 0 Å². The van der Waals surface area contributed by atoms with Crippen molar-refractivity contribution in [1.29, 1.82) is 0 Å². The van der Waals surface area contributed by atoms with Crippen LogP contribution in [0.3, 0.4) is 0 Å². The lowest BCUT2D eigenvalue weighted by molar-refractivity contribution is 0.490. The number of nitrogens with zero attached hydrogens (tertiary/aromatic N) is 5. The molecule has 0 fully saturated rings. The molecule has 0 aliphatic rings. The average Bonchev–Trinajstić information content (AvgIpc) is 3.29. The van der Waals surface area contributed by atoms with Crippen molar-refractivity contribution in [3.8, 4) is 17.2 Å². The third-order valence-corrected chi connectivity index (χ3v) is 4.16. The monoisotopic (exact) mass is 306 g/mol. The molecule has 4 aromatic heterocycles. The number of aromatic amines is 1. The SMILES string of the molecule is CC[C@@H](C)n1ncc2[nH]c(-c3cccn3-c3cccnc3)nc21. The van der Waals surface area contributed by atoms with Gasteiger partial charge < -0.3 is 9.55 Å². The molecule has 0 aromatic carbocycles. The molecule has 23 heavy (non-hydrogen) atoms. The van der Waals surface area contributed by atoms with E-state index in [4.69, 9.17) is 4.98 Å². The maximum atomic E-state index is 4.77. The van der Waals surface area contributed by atoms with E-state index in [2.05, 4.69) is 33.5 Å².